The largest absolute Gasteiger partial charge is 0.361 e. The lowest BCUT2D eigenvalue weighted by Crippen LogP contribution is -2.31. The molecule has 0 amide bonds. The summed E-state index contributed by atoms with van der Waals surface area (Å²) in [7, 11) is 0. The van der Waals surface area contributed by atoms with Gasteiger partial charge in [0, 0.05) is 6.54 Å². The van der Waals surface area contributed by atoms with Gasteiger partial charge in [-0.15, -0.1) is 5.10 Å². The van der Waals surface area contributed by atoms with Gasteiger partial charge in [-0.2, -0.15) is 0 Å². The smallest absolute Gasteiger partial charge is 0.342 e. The highest BCUT2D eigenvalue weighted by Gasteiger charge is 2.32. The highest BCUT2D eigenvalue weighted by Crippen LogP contribution is 2.21. The van der Waals surface area contributed by atoms with E-state index in [0.717, 1.165) is 0 Å². The number of rotatable bonds is 3. The molecule has 1 aliphatic heterocycles. The highest BCUT2D eigenvalue weighted by molar-refractivity contribution is 5.28. The lowest BCUT2D eigenvalue weighted by molar-refractivity contribution is -0.136. The van der Waals surface area contributed by atoms with E-state index >= 15 is 0 Å². The molecule has 0 bridgehead atoms. The van der Waals surface area contributed by atoms with E-state index in [1.165, 1.54) is 0 Å². The van der Waals surface area contributed by atoms with E-state index in [1.54, 1.807) is 0 Å². The maximum Gasteiger partial charge on any atom is 0.342 e. The van der Waals surface area contributed by atoms with Gasteiger partial charge in [-0.25, -0.2) is 9.89 Å². The second-order valence-electron chi connectivity index (χ2n) is 4.19. The van der Waals surface area contributed by atoms with Crippen LogP contribution in [0.2, 0.25) is 0 Å². The van der Waals surface area contributed by atoms with E-state index < -0.39 is 17.0 Å². The van der Waals surface area contributed by atoms with Crippen molar-refractivity contribution in [3.8, 4) is 0 Å². The van der Waals surface area contributed by atoms with Crippen LogP contribution < -0.4 is 16.6 Å². The summed E-state index contributed by atoms with van der Waals surface area (Å²) < 4.78 is 10.9. The van der Waals surface area contributed by atoms with E-state index in [0.29, 0.717) is 13.2 Å². The van der Waals surface area contributed by atoms with Gasteiger partial charge in [0.05, 0.1) is 6.61 Å². The number of nitrogens with one attached hydrogen (secondary N) is 3. The summed E-state index contributed by atoms with van der Waals surface area (Å²) >= 11 is 0. The van der Waals surface area contributed by atoms with Gasteiger partial charge in [0.2, 0.25) is 5.82 Å². The topological polar surface area (TPSA) is 109 Å². The van der Waals surface area contributed by atoms with Gasteiger partial charge in [-0.1, -0.05) is 0 Å². The molecule has 3 N–H and O–H groups in total. The van der Waals surface area contributed by atoms with Crippen LogP contribution in [0.1, 0.15) is 13.8 Å². The summed E-state index contributed by atoms with van der Waals surface area (Å²) in [4.78, 5) is 24.1. The van der Waals surface area contributed by atoms with Crippen LogP contribution in [0, 0.1) is 0 Å². The van der Waals surface area contributed by atoms with Gasteiger partial charge < -0.3 is 14.8 Å². The Hall–Kier alpha value is -1.67. The maximum atomic E-state index is 11.3. The van der Waals surface area contributed by atoms with E-state index in [1.807, 2.05) is 13.8 Å². The molecular weight excluding hydrogens is 228 g/mol. The van der Waals surface area contributed by atoms with Crippen LogP contribution in [0.3, 0.4) is 0 Å². The second-order valence-corrected chi connectivity index (χ2v) is 4.19. The summed E-state index contributed by atoms with van der Waals surface area (Å²) in [6, 6.07) is 0. The molecule has 94 valence electrons. The van der Waals surface area contributed by atoms with Crippen molar-refractivity contribution in [3.63, 3.8) is 0 Å². The first kappa shape index (κ1) is 11.8. The molecule has 8 heteroatoms. The van der Waals surface area contributed by atoms with Crippen LogP contribution in [0.15, 0.2) is 9.59 Å². The Morgan fingerprint density at radius 3 is 2.88 bits per heavy atom. The van der Waals surface area contributed by atoms with Crippen LogP contribution in [0.4, 0.5) is 5.82 Å². The minimum absolute atomic E-state index is 0.0536. The molecule has 2 rings (SSSR count). The number of H-pyrrole nitrogens is 2. The molecule has 1 saturated heterocycles. The summed E-state index contributed by atoms with van der Waals surface area (Å²) in [6.45, 7) is 4.46. The zero-order valence-electron chi connectivity index (χ0n) is 9.57. The van der Waals surface area contributed by atoms with Gasteiger partial charge in [0.1, 0.15) is 6.10 Å². The standard InChI is InChI=1S/C9H14N4O4/c1-9(2)16-4-5(17-9)3-10-6-7(14)11-8(15)13-12-6/h5H,3-4H2,1-2H3,(H,10,12)(H2,11,13,14,15). The van der Waals surface area contributed by atoms with Gasteiger partial charge in [0.25, 0.3) is 5.56 Å². The van der Waals surface area contributed by atoms with Crippen LogP contribution in [-0.4, -0.2) is 40.2 Å². The SMILES string of the molecule is CC1(C)OCC(CNc2n[nH]c(=O)[nH]c2=O)O1. The monoisotopic (exact) mass is 242 g/mol. The summed E-state index contributed by atoms with van der Waals surface area (Å²) in [6.07, 6.45) is -0.155. The van der Waals surface area contributed by atoms with E-state index in [4.69, 9.17) is 9.47 Å². The molecule has 8 nitrogen and oxygen atoms in total. The average Bonchev–Trinajstić information content (AvgIpc) is 2.57. The maximum absolute atomic E-state index is 11.3. The Labute approximate surface area is 96.3 Å². The Balaban J connectivity index is 1.95. The number of nitrogens with zero attached hydrogens (tertiary/aromatic N) is 1. The Bertz CT molecular complexity index is 506. The van der Waals surface area contributed by atoms with Crippen molar-refractivity contribution in [2.45, 2.75) is 25.7 Å². The van der Waals surface area contributed by atoms with E-state index in [-0.39, 0.29) is 11.9 Å². The van der Waals surface area contributed by atoms with Crippen LogP contribution in [-0.2, 0) is 9.47 Å². The summed E-state index contributed by atoms with van der Waals surface area (Å²) in [5.41, 5.74) is -1.20. The molecule has 0 radical (unpaired) electrons. The third kappa shape index (κ3) is 2.92. The van der Waals surface area contributed by atoms with Crippen molar-refractivity contribution in [2.24, 2.45) is 0 Å². The fourth-order valence-electron chi connectivity index (χ4n) is 1.54. The van der Waals surface area contributed by atoms with Gasteiger partial charge >= 0.3 is 5.69 Å². The third-order valence-corrected chi connectivity index (χ3v) is 2.28. The van der Waals surface area contributed by atoms with Crippen molar-refractivity contribution >= 4 is 5.82 Å². The van der Waals surface area contributed by atoms with Crippen molar-refractivity contribution in [2.75, 3.05) is 18.5 Å². The lowest BCUT2D eigenvalue weighted by Gasteiger charge is -2.17. The molecule has 1 aromatic rings. The first-order chi connectivity index (χ1) is 7.96. The van der Waals surface area contributed by atoms with Crippen LogP contribution in [0.5, 0.6) is 0 Å². The van der Waals surface area contributed by atoms with E-state index in [9.17, 15) is 9.59 Å². The van der Waals surface area contributed by atoms with Gasteiger partial charge in [-0.05, 0) is 13.8 Å². The van der Waals surface area contributed by atoms with E-state index in [2.05, 4.69) is 20.5 Å². The number of aromatic nitrogens is 3. The molecule has 1 atom stereocenters. The first-order valence-corrected chi connectivity index (χ1v) is 5.21. The van der Waals surface area contributed by atoms with Crippen molar-refractivity contribution < 1.29 is 9.47 Å². The fourth-order valence-corrected chi connectivity index (χ4v) is 1.54. The zero-order valence-corrected chi connectivity index (χ0v) is 9.57. The number of ether oxygens (including phenoxy) is 2. The van der Waals surface area contributed by atoms with Gasteiger partial charge in [-0.3, -0.25) is 9.78 Å². The number of hydrogen-bond acceptors (Lipinski definition) is 6. The molecule has 0 aliphatic carbocycles. The summed E-state index contributed by atoms with van der Waals surface area (Å²) in [5, 5.41) is 8.51. The molecule has 1 fully saturated rings. The fraction of sp³-hybridized carbons (Fsp3) is 0.667. The number of hydrogen-bond donors (Lipinski definition) is 3. The molecule has 0 spiro atoms. The van der Waals surface area contributed by atoms with Crippen molar-refractivity contribution in [3.05, 3.63) is 20.8 Å². The van der Waals surface area contributed by atoms with Crippen LogP contribution in [0.25, 0.3) is 0 Å². The average molecular weight is 242 g/mol. The molecule has 0 saturated carbocycles. The lowest BCUT2D eigenvalue weighted by atomic mass is 10.3. The predicted octanol–water partition coefficient (Wildman–Crippen LogP) is -0.978. The van der Waals surface area contributed by atoms with Gasteiger partial charge in [0.15, 0.2) is 5.79 Å². The Kier molecular flexibility index (Phi) is 2.99. The number of anilines is 1. The predicted molar refractivity (Wildman–Crippen MR) is 58.9 cm³/mol. The quantitative estimate of drug-likeness (QED) is 0.628. The Morgan fingerprint density at radius 1 is 1.53 bits per heavy atom. The van der Waals surface area contributed by atoms with Crippen molar-refractivity contribution in [1.29, 1.82) is 0 Å². The normalized spacial score (nSPS) is 22.6. The number of aromatic amines is 2. The molecule has 1 aromatic heterocycles. The highest BCUT2D eigenvalue weighted by atomic mass is 16.7. The minimum Gasteiger partial charge on any atom is -0.361 e. The minimum atomic E-state index is -0.637. The Morgan fingerprint density at radius 2 is 2.29 bits per heavy atom. The van der Waals surface area contributed by atoms with Crippen molar-refractivity contribution in [1.82, 2.24) is 15.2 Å². The molecule has 1 unspecified atom stereocenters. The first-order valence-electron chi connectivity index (χ1n) is 5.21. The van der Waals surface area contributed by atoms with Crippen LogP contribution >= 0.6 is 0 Å². The zero-order chi connectivity index (χ0) is 12.5. The third-order valence-electron chi connectivity index (χ3n) is 2.28. The molecular formula is C9H14N4O4. The molecule has 1 aliphatic rings. The molecule has 2 heterocycles. The molecule has 0 aromatic carbocycles. The summed E-state index contributed by atoms with van der Waals surface area (Å²) in [5.74, 6) is -0.546. The molecule has 17 heavy (non-hydrogen) atoms. The second kappa shape index (κ2) is 4.30.